The summed E-state index contributed by atoms with van der Waals surface area (Å²) in [6, 6.07) is 81.7. The Morgan fingerprint density at radius 2 is 0.431 bits per heavy atom. The summed E-state index contributed by atoms with van der Waals surface area (Å²) in [4.78, 5) is 34.4. The molecule has 0 amide bonds. The molecule has 0 unspecified atom stereocenters. The summed E-state index contributed by atoms with van der Waals surface area (Å²) in [5.74, 6) is 0. The lowest BCUT2D eigenvalue weighted by Crippen LogP contribution is -2.14. The first-order valence-electron chi connectivity index (χ1n) is 52.0. The van der Waals surface area contributed by atoms with Crippen LogP contribution in [0, 0.1) is 125 Å². The molecule has 7 nitrogen and oxygen atoms in total. The van der Waals surface area contributed by atoms with Gasteiger partial charge in [-0.15, -0.1) is 0 Å². The van der Waals surface area contributed by atoms with E-state index in [9.17, 15) is 0 Å². The molecule has 14 aromatic carbocycles. The number of aryl methyl sites for hydroxylation is 14. The molecule has 7 heteroatoms. The number of pyridine rings is 7. The van der Waals surface area contributed by atoms with Gasteiger partial charge in [-0.05, 0) is 375 Å². The van der Waals surface area contributed by atoms with Crippen molar-refractivity contribution in [1.82, 2.24) is 34.9 Å². The van der Waals surface area contributed by atoms with Crippen LogP contribution in [0.2, 0.25) is 0 Å². The second-order valence-corrected chi connectivity index (χ2v) is 48.5. The third-order valence-corrected chi connectivity index (χ3v) is 29.9. The van der Waals surface area contributed by atoms with E-state index in [4.69, 9.17) is 34.9 Å². The van der Waals surface area contributed by atoms with E-state index in [0.717, 1.165) is 71.7 Å². The number of hydrogen-bond donors (Lipinski definition) is 0. The standard InChI is InChI=1S/C21H25N.2C20H23N.4C19H21N/c1-12-13(2)15(4)20-18(14(12)3)19(21(5,6)7)16-10-8-9-11-17(16)22-20;1-12-11-16-18(20(4,5)6)15-9-7-8-10-17(15)21-19(16)14(3)13(12)2;1-12-11-17-18(14(3)13(12)2)19(20(4,5)6)15-9-7-8-10-16(15)21-17;1-12-8-6-10-14-16(12)18(19(3,4)5)17-13(2)9-7-11-15(17)20-14;1-12-9-10-15-14(11-12)18(19(3,4)5)17-13(2)7-6-8-16(17)20-15;1-12-10-13(2)17-16(11-12)20-15-9-7-6-8-14(15)18(17)19(3,4)5;1-12-10-11-13(2)18-16(12)17(19(3,4)5)14-8-6-7-9-15(14)20-18/h8-11H,1-7H3;2*7-11H,1-6H3;4*6-11H,1-5H3. The number of aromatic nitrogens is 7. The summed E-state index contributed by atoms with van der Waals surface area (Å²) < 4.78 is 0. The zero-order valence-electron chi connectivity index (χ0n) is 94.1. The summed E-state index contributed by atoms with van der Waals surface area (Å²) in [6.45, 7) is 87.6. The van der Waals surface area contributed by atoms with Crippen LogP contribution >= 0.6 is 0 Å². The van der Waals surface area contributed by atoms with Gasteiger partial charge in [0.1, 0.15) is 0 Å². The molecule has 7 aromatic heterocycles. The number of benzene rings is 14. The Balaban J connectivity index is 0.000000126. The molecular formula is C137H155N7. The lowest BCUT2D eigenvalue weighted by Gasteiger charge is -2.26. The maximum atomic E-state index is 5.01. The number of hydrogen-bond acceptors (Lipinski definition) is 7. The van der Waals surface area contributed by atoms with Crippen LogP contribution in [0.15, 0.2) is 231 Å². The van der Waals surface area contributed by atoms with Crippen LogP contribution in [0.3, 0.4) is 0 Å². The van der Waals surface area contributed by atoms with E-state index >= 15 is 0 Å². The van der Waals surface area contributed by atoms with Crippen molar-refractivity contribution in [3.63, 3.8) is 0 Å². The van der Waals surface area contributed by atoms with Crippen molar-refractivity contribution in [3.05, 3.63) is 370 Å². The van der Waals surface area contributed by atoms with Gasteiger partial charge < -0.3 is 0 Å². The number of rotatable bonds is 0. The van der Waals surface area contributed by atoms with E-state index < -0.39 is 0 Å². The maximum absolute atomic E-state index is 5.01. The fourth-order valence-electron chi connectivity index (χ4n) is 22.6. The lowest BCUT2D eigenvalue weighted by atomic mass is 9.79. The average Bonchev–Trinajstić information content (AvgIpc) is 0.729. The molecule has 0 radical (unpaired) electrons. The molecule has 738 valence electrons. The molecule has 0 spiro atoms. The van der Waals surface area contributed by atoms with Gasteiger partial charge in [0, 0.05) is 75.4 Å². The summed E-state index contributed by atoms with van der Waals surface area (Å²) >= 11 is 0. The highest BCUT2D eigenvalue weighted by atomic mass is 14.7. The second-order valence-electron chi connectivity index (χ2n) is 48.5. The minimum absolute atomic E-state index is 0.0830. The van der Waals surface area contributed by atoms with Crippen molar-refractivity contribution in [1.29, 1.82) is 0 Å². The van der Waals surface area contributed by atoms with Gasteiger partial charge in [0.05, 0.1) is 77.2 Å². The topological polar surface area (TPSA) is 90.2 Å². The SMILES string of the molecule is Cc1c(C)c(C)c2c(C(C)(C)C)c3ccccc3nc2c1C.Cc1cc(C)c2c(C(C)(C)C)c3ccccc3nc2c1.Cc1cc2c(C(C)(C)C)c3ccccc3nc2c(C)c1C.Cc1cc2nc3ccccc3c(C(C)(C)C)c2c(C)c1C.Cc1ccc(C)c2c(C(C)(C)C)c3ccccc3nc12.Cc1ccc2nc3cccc(C)c3c(C(C)(C)C)c2c1.Cc1cccc2nc3cccc(C)c3c(C(C)(C)C)c12. The van der Waals surface area contributed by atoms with Crippen LogP contribution in [-0.2, 0) is 37.9 Å². The first-order valence-corrected chi connectivity index (χ1v) is 52.0. The van der Waals surface area contributed by atoms with Crippen molar-refractivity contribution in [2.24, 2.45) is 0 Å². The fourth-order valence-corrected chi connectivity index (χ4v) is 22.6. The van der Waals surface area contributed by atoms with Crippen LogP contribution in [0.4, 0.5) is 0 Å². The van der Waals surface area contributed by atoms with Crippen LogP contribution < -0.4 is 0 Å². The first-order chi connectivity index (χ1) is 67.4. The Morgan fingerprint density at radius 1 is 0.139 bits per heavy atom. The minimum Gasteiger partial charge on any atom is -0.248 e. The Bertz CT molecular complexity index is 8590. The molecule has 0 bridgehead atoms. The van der Waals surface area contributed by atoms with Gasteiger partial charge in [-0.3, -0.25) is 0 Å². The monoisotopic (exact) mass is 1900 g/mol. The predicted octanol–water partition coefficient (Wildman–Crippen LogP) is 38.4. The number of fused-ring (bicyclic) bond motifs is 14. The Labute approximate surface area is 859 Å². The molecule has 0 aliphatic rings. The summed E-state index contributed by atoms with van der Waals surface area (Å²) in [7, 11) is 0. The van der Waals surface area contributed by atoms with Gasteiger partial charge in [-0.1, -0.05) is 303 Å². The van der Waals surface area contributed by atoms with E-state index in [-0.39, 0.29) is 37.9 Å². The van der Waals surface area contributed by atoms with Crippen molar-refractivity contribution in [3.8, 4) is 0 Å². The summed E-state index contributed by atoms with van der Waals surface area (Å²) in [5, 5.41) is 18.3. The normalized spacial score (nSPS) is 12.3. The van der Waals surface area contributed by atoms with E-state index in [1.54, 1.807) is 0 Å². The Morgan fingerprint density at radius 3 is 0.875 bits per heavy atom. The molecule has 0 fully saturated rings. The molecule has 144 heavy (non-hydrogen) atoms. The van der Waals surface area contributed by atoms with Crippen LogP contribution in [-0.4, -0.2) is 34.9 Å². The van der Waals surface area contributed by atoms with Crippen LogP contribution in [0.5, 0.6) is 0 Å². The first kappa shape index (κ1) is 105. The third-order valence-electron chi connectivity index (χ3n) is 29.9. The molecule has 0 aliphatic carbocycles. The number of nitrogens with zero attached hydrogens (tertiary/aromatic N) is 7. The zero-order chi connectivity index (χ0) is 105. The molecule has 7 heterocycles. The summed E-state index contributed by atoms with van der Waals surface area (Å²) in [6.07, 6.45) is 0. The molecule has 0 saturated carbocycles. The quantitative estimate of drug-likeness (QED) is 0.140. The minimum atomic E-state index is 0.0830. The highest BCUT2D eigenvalue weighted by molar-refractivity contribution is 6.08. The van der Waals surface area contributed by atoms with E-state index in [1.165, 1.54) is 220 Å². The molecule has 0 aliphatic heterocycles. The second kappa shape index (κ2) is 39.7. The van der Waals surface area contributed by atoms with Crippen molar-refractivity contribution in [2.45, 2.75) is 308 Å². The smallest absolute Gasteiger partial charge is 0.0747 e. The van der Waals surface area contributed by atoms with Crippen molar-refractivity contribution in [2.75, 3.05) is 0 Å². The maximum Gasteiger partial charge on any atom is 0.0747 e. The molecule has 0 N–H and O–H groups in total. The third kappa shape index (κ3) is 20.6. The van der Waals surface area contributed by atoms with Crippen molar-refractivity contribution >= 4 is 153 Å². The summed E-state index contributed by atoms with van der Waals surface area (Å²) in [5.41, 5.74) is 50.1. The van der Waals surface area contributed by atoms with Crippen molar-refractivity contribution < 1.29 is 0 Å². The largest absolute Gasteiger partial charge is 0.248 e. The Hall–Kier alpha value is -13.2. The van der Waals surface area contributed by atoms with Gasteiger partial charge in [-0.25, -0.2) is 34.9 Å². The van der Waals surface area contributed by atoms with Gasteiger partial charge in [0.2, 0.25) is 0 Å². The van der Waals surface area contributed by atoms with Gasteiger partial charge in [-0.2, -0.15) is 0 Å². The number of para-hydroxylation sites is 5. The molecule has 21 rings (SSSR count). The Kier molecular flexibility index (Phi) is 29.0. The van der Waals surface area contributed by atoms with Gasteiger partial charge in [0.25, 0.3) is 0 Å². The van der Waals surface area contributed by atoms with Crippen LogP contribution in [0.1, 0.15) is 284 Å². The molecular weight excluding hydrogens is 1740 g/mol. The van der Waals surface area contributed by atoms with Gasteiger partial charge in [0.15, 0.2) is 0 Å². The van der Waals surface area contributed by atoms with Gasteiger partial charge >= 0.3 is 0 Å². The van der Waals surface area contributed by atoms with Crippen LogP contribution in [0.25, 0.3) is 153 Å². The molecule has 0 atom stereocenters. The molecule has 0 saturated heterocycles. The average molecular weight is 1900 g/mol. The van der Waals surface area contributed by atoms with E-state index in [2.05, 4.69) is 501 Å². The van der Waals surface area contributed by atoms with E-state index in [0.29, 0.717) is 0 Å². The fraction of sp³-hybridized carbons (Fsp3) is 0.336. The van der Waals surface area contributed by atoms with E-state index in [1.807, 2.05) is 0 Å². The highest BCUT2D eigenvalue weighted by Crippen LogP contribution is 2.48. The zero-order valence-corrected chi connectivity index (χ0v) is 94.1. The predicted molar refractivity (Wildman–Crippen MR) is 631 cm³/mol. The molecule has 21 aromatic rings. The highest BCUT2D eigenvalue weighted by Gasteiger charge is 2.32. The lowest BCUT2D eigenvalue weighted by molar-refractivity contribution is 0.600.